The van der Waals surface area contributed by atoms with Crippen molar-refractivity contribution in [2.24, 2.45) is 5.92 Å². The van der Waals surface area contributed by atoms with E-state index in [1.165, 1.54) is 4.90 Å². The van der Waals surface area contributed by atoms with Gasteiger partial charge in [-0.2, -0.15) is 0 Å². The number of ether oxygens (including phenoxy) is 1. The summed E-state index contributed by atoms with van der Waals surface area (Å²) in [5, 5.41) is 5.56. The lowest BCUT2D eigenvalue weighted by atomic mass is 9.98. The number of hydrogen-bond donors (Lipinski definition) is 2. The Morgan fingerprint density at radius 3 is 2.10 bits per heavy atom. The summed E-state index contributed by atoms with van der Waals surface area (Å²) >= 11 is 0. The summed E-state index contributed by atoms with van der Waals surface area (Å²) in [6, 6.07) is 5.79. The van der Waals surface area contributed by atoms with Gasteiger partial charge in [-0.05, 0) is 53.0 Å². The maximum atomic E-state index is 13.4. The molecule has 30 heavy (non-hydrogen) atoms. The van der Waals surface area contributed by atoms with E-state index in [4.69, 9.17) is 4.74 Å². The lowest BCUT2D eigenvalue weighted by molar-refractivity contribution is -0.141. The highest BCUT2D eigenvalue weighted by molar-refractivity contribution is 5.92. The van der Waals surface area contributed by atoms with Gasteiger partial charge >= 0.3 is 6.09 Å². The number of hydrogen-bond acceptors (Lipinski definition) is 4. The van der Waals surface area contributed by atoms with Gasteiger partial charge in [0.05, 0.1) is 0 Å². The van der Waals surface area contributed by atoms with E-state index in [1.807, 2.05) is 58.9 Å². The fraction of sp³-hybridized carbons (Fsp3) is 0.609. The third-order valence-corrected chi connectivity index (χ3v) is 4.38. The molecule has 1 aromatic rings. The zero-order chi connectivity index (χ0) is 23.2. The zero-order valence-corrected chi connectivity index (χ0v) is 19.7. The normalized spacial score (nSPS) is 13.6. The predicted molar refractivity (Wildman–Crippen MR) is 118 cm³/mol. The van der Waals surface area contributed by atoms with Crippen LogP contribution < -0.4 is 10.6 Å². The molecule has 7 nitrogen and oxygen atoms in total. The van der Waals surface area contributed by atoms with E-state index in [2.05, 4.69) is 10.6 Å². The van der Waals surface area contributed by atoms with Crippen molar-refractivity contribution < 1.29 is 19.1 Å². The Bertz CT molecular complexity index is 753. The topological polar surface area (TPSA) is 87.7 Å². The van der Waals surface area contributed by atoms with Crippen LogP contribution in [0.4, 0.5) is 4.79 Å². The molecule has 3 amide bonds. The molecule has 0 aliphatic rings. The van der Waals surface area contributed by atoms with Gasteiger partial charge in [0.25, 0.3) is 0 Å². The number of benzene rings is 1. The standard InChI is InChI=1S/C23H37N3O4/c1-14(2)18(25-22(29)30-23(6,7)8)21(28)26(9)19(20(27)24-15(3)4)17-12-10-11-16(5)13-17/h10-15,18-19H,1-9H3,(H,24,27)(H,25,29). The molecular weight excluding hydrogens is 382 g/mol. The number of carbonyl (C=O) groups excluding carboxylic acids is 3. The third-order valence-electron chi connectivity index (χ3n) is 4.38. The summed E-state index contributed by atoms with van der Waals surface area (Å²) in [5.74, 6) is -0.828. The van der Waals surface area contributed by atoms with Crippen LogP contribution in [0.3, 0.4) is 0 Å². The van der Waals surface area contributed by atoms with Crippen molar-refractivity contribution in [3.63, 3.8) is 0 Å². The van der Waals surface area contributed by atoms with Crippen LogP contribution >= 0.6 is 0 Å². The van der Waals surface area contributed by atoms with Gasteiger partial charge in [-0.25, -0.2) is 4.79 Å². The maximum absolute atomic E-state index is 13.4. The smallest absolute Gasteiger partial charge is 0.408 e. The van der Waals surface area contributed by atoms with Gasteiger partial charge in [0.1, 0.15) is 17.7 Å². The minimum atomic E-state index is -0.830. The van der Waals surface area contributed by atoms with E-state index in [1.54, 1.807) is 27.8 Å². The van der Waals surface area contributed by atoms with Crippen molar-refractivity contribution in [1.29, 1.82) is 0 Å². The van der Waals surface area contributed by atoms with Crippen LogP contribution in [0.1, 0.15) is 65.6 Å². The fourth-order valence-corrected chi connectivity index (χ4v) is 3.05. The van der Waals surface area contributed by atoms with Crippen molar-refractivity contribution in [3.05, 3.63) is 35.4 Å². The molecule has 2 atom stereocenters. The molecule has 2 N–H and O–H groups in total. The second-order valence-corrected chi connectivity index (χ2v) is 9.30. The average molecular weight is 420 g/mol. The zero-order valence-electron chi connectivity index (χ0n) is 19.7. The number of aryl methyl sites for hydroxylation is 1. The molecule has 0 spiro atoms. The molecule has 0 saturated carbocycles. The van der Waals surface area contributed by atoms with E-state index in [0.29, 0.717) is 5.56 Å². The van der Waals surface area contributed by atoms with E-state index in [-0.39, 0.29) is 23.8 Å². The quantitative estimate of drug-likeness (QED) is 0.707. The van der Waals surface area contributed by atoms with Crippen molar-refractivity contribution in [2.75, 3.05) is 7.05 Å². The van der Waals surface area contributed by atoms with E-state index < -0.39 is 23.8 Å². The van der Waals surface area contributed by atoms with Crippen molar-refractivity contribution in [1.82, 2.24) is 15.5 Å². The third kappa shape index (κ3) is 7.69. The Morgan fingerprint density at radius 2 is 1.63 bits per heavy atom. The van der Waals surface area contributed by atoms with Gasteiger partial charge in [-0.1, -0.05) is 43.7 Å². The molecule has 168 valence electrons. The second kappa shape index (κ2) is 10.5. The van der Waals surface area contributed by atoms with Crippen molar-refractivity contribution >= 4 is 17.9 Å². The number of nitrogens with zero attached hydrogens (tertiary/aromatic N) is 1. The predicted octanol–water partition coefficient (Wildman–Crippen LogP) is 3.57. The first-order valence-electron chi connectivity index (χ1n) is 10.4. The SMILES string of the molecule is Cc1cccc(C(C(=O)NC(C)C)N(C)C(=O)C(NC(=O)OC(C)(C)C)C(C)C)c1. The number of nitrogens with one attached hydrogen (secondary N) is 2. The fourth-order valence-electron chi connectivity index (χ4n) is 3.05. The van der Waals surface area contributed by atoms with Crippen LogP contribution in [-0.2, 0) is 14.3 Å². The Kier molecular flexibility index (Phi) is 8.88. The molecular formula is C23H37N3O4. The van der Waals surface area contributed by atoms with Crippen LogP contribution in [0, 0.1) is 12.8 Å². The summed E-state index contributed by atoms with van der Waals surface area (Å²) in [6.45, 7) is 14.6. The highest BCUT2D eigenvalue weighted by Gasteiger charge is 2.35. The Balaban J connectivity index is 3.21. The van der Waals surface area contributed by atoms with E-state index >= 15 is 0 Å². The van der Waals surface area contributed by atoms with Crippen LogP contribution in [0.5, 0.6) is 0 Å². The first-order valence-corrected chi connectivity index (χ1v) is 10.4. The van der Waals surface area contributed by atoms with Gasteiger partial charge in [-0.15, -0.1) is 0 Å². The highest BCUT2D eigenvalue weighted by atomic mass is 16.6. The molecule has 0 bridgehead atoms. The van der Waals surface area contributed by atoms with Gasteiger partial charge in [-0.3, -0.25) is 9.59 Å². The summed E-state index contributed by atoms with van der Waals surface area (Å²) in [4.78, 5) is 40.0. The number of amides is 3. The number of rotatable bonds is 7. The molecule has 1 rings (SSSR count). The lowest BCUT2D eigenvalue weighted by Gasteiger charge is -2.33. The Hall–Kier alpha value is -2.57. The molecule has 0 aromatic heterocycles. The largest absolute Gasteiger partial charge is 0.444 e. The molecule has 0 saturated heterocycles. The summed E-state index contributed by atoms with van der Waals surface area (Å²) in [5.41, 5.74) is 1.02. The van der Waals surface area contributed by atoms with Crippen LogP contribution in [0.15, 0.2) is 24.3 Å². The molecule has 0 radical (unpaired) electrons. The first-order chi connectivity index (χ1) is 13.7. The van der Waals surface area contributed by atoms with Crippen molar-refractivity contribution in [2.45, 2.75) is 79.1 Å². The van der Waals surface area contributed by atoms with Crippen LogP contribution in [0.25, 0.3) is 0 Å². The molecule has 1 aromatic carbocycles. The molecule has 0 aliphatic carbocycles. The highest BCUT2D eigenvalue weighted by Crippen LogP contribution is 2.23. The molecule has 0 heterocycles. The first kappa shape index (κ1) is 25.5. The van der Waals surface area contributed by atoms with E-state index in [9.17, 15) is 14.4 Å². The monoisotopic (exact) mass is 419 g/mol. The summed E-state index contributed by atoms with van der Waals surface area (Å²) in [6.07, 6.45) is -0.665. The second-order valence-electron chi connectivity index (χ2n) is 9.30. The summed E-state index contributed by atoms with van der Waals surface area (Å²) < 4.78 is 5.31. The minimum absolute atomic E-state index is 0.0749. The van der Waals surface area contributed by atoms with Gasteiger partial charge in [0.15, 0.2) is 0 Å². The molecule has 7 heteroatoms. The van der Waals surface area contributed by atoms with E-state index in [0.717, 1.165) is 5.56 Å². The lowest BCUT2D eigenvalue weighted by Crippen LogP contribution is -2.54. The van der Waals surface area contributed by atoms with Gasteiger partial charge < -0.3 is 20.3 Å². The average Bonchev–Trinajstić information content (AvgIpc) is 2.56. The van der Waals surface area contributed by atoms with Crippen molar-refractivity contribution in [3.8, 4) is 0 Å². The number of alkyl carbamates (subject to hydrolysis) is 1. The maximum Gasteiger partial charge on any atom is 0.408 e. The van der Waals surface area contributed by atoms with Gasteiger partial charge in [0, 0.05) is 13.1 Å². The van der Waals surface area contributed by atoms with Gasteiger partial charge in [0.2, 0.25) is 11.8 Å². The molecule has 2 unspecified atom stereocenters. The Morgan fingerprint density at radius 1 is 1.03 bits per heavy atom. The number of carbonyl (C=O) groups is 3. The minimum Gasteiger partial charge on any atom is -0.444 e. The number of likely N-dealkylation sites (N-methyl/N-ethyl adjacent to an activating group) is 1. The van der Waals surface area contributed by atoms with Crippen LogP contribution in [-0.4, -0.2) is 47.5 Å². The molecule has 0 fully saturated rings. The molecule has 0 aliphatic heterocycles. The Labute approximate surface area is 180 Å². The summed E-state index contributed by atoms with van der Waals surface area (Å²) in [7, 11) is 1.58. The van der Waals surface area contributed by atoms with Crippen LogP contribution in [0.2, 0.25) is 0 Å².